The highest BCUT2D eigenvalue weighted by Gasteiger charge is 2.52. The number of rotatable bonds is 3. The fourth-order valence-corrected chi connectivity index (χ4v) is 4.73. The maximum Gasteiger partial charge on any atom is 0.490 e. The van der Waals surface area contributed by atoms with E-state index in [-0.39, 0.29) is 17.3 Å². The van der Waals surface area contributed by atoms with Crippen molar-refractivity contribution in [2.24, 2.45) is 0 Å². The van der Waals surface area contributed by atoms with Gasteiger partial charge in [0.2, 0.25) is 0 Å². The lowest BCUT2D eigenvalue weighted by Gasteiger charge is -2.40. The van der Waals surface area contributed by atoms with Crippen molar-refractivity contribution in [1.82, 2.24) is 10.2 Å². The highest BCUT2D eigenvalue weighted by molar-refractivity contribution is 5.73. The number of piperidine rings is 1. The summed E-state index contributed by atoms with van der Waals surface area (Å²) in [5.41, 5.74) is 3.45. The molecule has 4 rings (SSSR count). The zero-order valence-electron chi connectivity index (χ0n) is 20.6. The molecule has 14 heteroatoms. The van der Waals surface area contributed by atoms with Crippen molar-refractivity contribution < 1.29 is 55.6 Å². The van der Waals surface area contributed by atoms with Gasteiger partial charge in [-0.3, -0.25) is 4.90 Å². The maximum atomic E-state index is 13.2. The van der Waals surface area contributed by atoms with E-state index >= 15 is 0 Å². The Labute approximate surface area is 218 Å². The number of hydrogen-bond donors (Lipinski definition) is 4. The zero-order valence-corrected chi connectivity index (χ0v) is 20.6. The van der Waals surface area contributed by atoms with Crippen molar-refractivity contribution >= 4 is 11.9 Å². The van der Waals surface area contributed by atoms with Gasteiger partial charge in [-0.1, -0.05) is 36.4 Å². The van der Waals surface area contributed by atoms with Gasteiger partial charge in [0.25, 0.3) is 0 Å². The number of halogens is 7. The van der Waals surface area contributed by atoms with Gasteiger partial charge in [-0.15, -0.1) is 0 Å². The van der Waals surface area contributed by atoms with Crippen LogP contribution in [0.4, 0.5) is 30.7 Å². The highest BCUT2D eigenvalue weighted by atomic mass is 19.4. The lowest BCUT2D eigenvalue weighted by molar-refractivity contribution is -0.193. The molecular formula is C25H27F7N2O5. The van der Waals surface area contributed by atoms with Crippen LogP contribution < -0.4 is 5.32 Å². The van der Waals surface area contributed by atoms with E-state index in [4.69, 9.17) is 19.8 Å². The van der Waals surface area contributed by atoms with Crippen molar-refractivity contribution in [3.8, 4) is 0 Å². The number of fused-ring (bicyclic) bond motifs is 2. The second-order valence-electron chi connectivity index (χ2n) is 9.03. The molecule has 39 heavy (non-hydrogen) atoms. The molecule has 1 spiro atoms. The quantitative estimate of drug-likeness (QED) is 0.410. The summed E-state index contributed by atoms with van der Waals surface area (Å²) in [5, 5.41) is 29.0. The summed E-state index contributed by atoms with van der Waals surface area (Å²) in [4.78, 5) is 20.0. The van der Waals surface area contributed by atoms with Gasteiger partial charge in [0.05, 0.1) is 12.1 Å². The first-order valence-electron chi connectivity index (χ1n) is 11.5. The number of carboxylic acids is 2. The molecule has 0 radical (unpaired) electrons. The molecule has 1 fully saturated rings. The predicted octanol–water partition coefficient (Wildman–Crippen LogP) is 4.26. The van der Waals surface area contributed by atoms with Crippen LogP contribution in [0.1, 0.15) is 35.6 Å². The summed E-state index contributed by atoms with van der Waals surface area (Å²) in [5.74, 6) is -5.73. The number of alkyl halides is 6. The van der Waals surface area contributed by atoms with Gasteiger partial charge < -0.3 is 20.6 Å². The summed E-state index contributed by atoms with van der Waals surface area (Å²) >= 11 is 0. The third-order valence-electron chi connectivity index (χ3n) is 6.48. The van der Waals surface area contributed by atoms with Crippen LogP contribution in [-0.4, -0.2) is 70.8 Å². The van der Waals surface area contributed by atoms with E-state index in [2.05, 4.69) is 34.5 Å². The van der Waals surface area contributed by atoms with Crippen molar-refractivity contribution in [3.63, 3.8) is 0 Å². The molecular weight excluding hydrogens is 541 g/mol. The Morgan fingerprint density at radius 2 is 1.38 bits per heavy atom. The standard InChI is InChI=1S/C21H25FN2O.2C2HF3O2/c1-24(14-15-6-8-16(22)9-7-15)19-17-4-2-3-5-18(17)21(20(19)25)10-12-23-13-11-21;2*3-2(4,5)1(6)7/h2-9,19-20,23,25H,10-14H2,1H3;2*(H,6,7)/t19-,20+;;/m1../s1. The monoisotopic (exact) mass is 568 g/mol. The molecule has 0 unspecified atom stereocenters. The van der Waals surface area contributed by atoms with Crippen LogP contribution in [-0.2, 0) is 21.5 Å². The number of aliphatic hydroxyl groups is 1. The zero-order chi connectivity index (χ0) is 29.6. The second-order valence-corrected chi connectivity index (χ2v) is 9.03. The highest BCUT2D eigenvalue weighted by Crippen LogP contribution is 2.51. The molecule has 0 saturated carbocycles. The van der Waals surface area contributed by atoms with E-state index in [9.17, 15) is 35.8 Å². The molecule has 1 heterocycles. The van der Waals surface area contributed by atoms with Gasteiger partial charge in [0.1, 0.15) is 5.82 Å². The lowest BCUT2D eigenvalue weighted by Crippen LogP contribution is -2.48. The van der Waals surface area contributed by atoms with Crippen LogP contribution in [0.5, 0.6) is 0 Å². The smallest absolute Gasteiger partial charge is 0.475 e. The van der Waals surface area contributed by atoms with Gasteiger partial charge in [0, 0.05) is 12.0 Å². The van der Waals surface area contributed by atoms with Crippen LogP contribution in [0, 0.1) is 5.82 Å². The summed E-state index contributed by atoms with van der Waals surface area (Å²) in [6.07, 6.45) is -8.66. The molecule has 0 amide bonds. The number of aliphatic carboxylic acids is 2. The third-order valence-corrected chi connectivity index (χ3v) is 6.48. The molecule has 2 aliphatic rings. The van der Waals surface area contributed by atoms with Crippen LogP contribution in [0.25, 0.3) is 0 Å². The minimum Gasteiger partial charge on any atom is -0.475 e. The molecule has 216 valence electrons. The SMILES string of the molecule is CN(Cc1ccc(F)cc1)[C@@H]1c2ccccc2C2(CCNCC2)[C@H]1O.O=C(O)C(F)(F)F.O=C(O)C(F)(F)F. The molecule has 0 aromatic heterocycles. The minimum absolute atomic E-state index is 0.0284. The van der Waals surface area contributed by atoms with Gasteiger partial charge >= 0.3 is 24.3 Å². The Kier molecular flexibility index (Phi) is 10.5. The predicted molar refractivity (Wildman–Crippen MR) is 124 cm³/mol. The number of carboxylic acid groups (broad SMARTS) is 2. The van der Waals surface area contributed by atoms with Gasteiger partial charge in [-0.05, 0) is 61.8 Å². The van der Waals surface area contributed by atoms with Gasteiger partial charge in [-0.25, -0.2) is 14.0 Å². The molecule has 0 bridgehead atoms. The fourth-order valence-electron chi connectivity index (χ4n) is 4.73. The van der Waals surface area contributed by atoms with Crippen LogP contribution in [0.3, 0.4) is 0 Å². The number of nitrogens with zero attached hydrogens (tertiary/aromatic N) is 1. The molecule has 2 aromatic rings. The van der Waals surface area contributed by atoms with Crippen molar-refractivity contribution in [2.45, 2.75) is 49.3 Å². The van der Waals surface area contributed by atoms with Crippen molar-refractivity contribution in [1.29, 1.82) is 0 Å². The first-order valence-corrected chi connectivity index (χ1v) is 11.5. The molecule has 2 aromatic carbocycles. The summed E-state index contributed by atoms with van der Waals surface area (Å²) < 4.78 is 76.6. The average molecular weight is 568 g/mol. The Morgan fingerprint density at radius 3 is 1.85 bits per heavy atom. The Bertz CT molecular complexity index is 1090. The first-order chi connectivity index (χ1) is 18.0. The average Bonchev–Trinajstić information content (AvgIpc) is 3.08. The van der Waals surface area contributed by atoms with E-state index in [0.29, 0.717) is 6.54 Å². The Hall–Kier alpha value is -3.23. The van der Waals surface area contributed by atoms with Crippen molar-refractivity contribution in [3.05, 3.63) is 71.0 Å². The maximum absolute atomic E-state index is 13.2. The number of aliphatic hydroxyl groups excluding tert-OH is 1. The number of carbonyl (C=O) groups is 2. The van der Waals surface area contributed by atoms with E-state index < -0.39 is 30.4 Å². The number of likely N-dealkylation sites (N-methyl/N-ethyl adjacent to an activating group) is 1. The molecule has 1 aliphatic heterocycles. The molecule has 1 aliphatic carbocycles. The normalized spacial score (nSPS) is 19.8. The minimum atomic E-state index is -5.08. The topological polar surface area (TPSA) is 110 Å². The second kappa shape index (κ2) is 12.7. The number of hydrogen-bond acceptors (Lipinski definition) is 5. The summed E-state index contributed by atoms with van der Waals surface area (Å²) in [6, 6.07) is 15.1. The van der Waals surface area contributed by atoms with Crippen LogP contribution in [0.15, 0.2) is 48.5 Å². The van der Waals surface area contributed by atoms with E-state index in [1.807, 2.05) is 19.2 Å². The third kappa shape index (κ3) is 8.13. The van der Waals surface area contributed by atoms with Gasteiger partial charge in [0.15, 0.2) is 0 Å². The van der Waals surface area contributed by atoms with Crippen LogP contribution >= 0.6 is 0 Å². The van der Waals surface area contributed by atoms with Crippen molar-refractivity contribution in [2.75, 3.05) is 20.1 Å². The Morgan fingerprint density at radius 1 is 0.923 bits per heavy atom. The summed E-state index contributed by atoms with van der Waals surface area (Å²) in [6.45, 7) is 2.57. The van der Waals surface area contributed by atoms with E-state index in [1.54, 1.807) is 0 Å². The van der Waals surface area contributed by atoms with Gasteiger partial charge in [-0.2, -0.15) is 26.3 Å². The number of benzene rings is 2. The molecule has 2 atom stereocenters. The molecule has 4 N–H and O–H groups in total. The summed E-state index contributed by atoms with van der Waals surface area (Å²) in [7, 11) is 2.05. The molecule has 7 nitrogen and oxygen atoms in total. The van der Waals surface area contributed by atoms with E-state index in [0.717, 1.165) is 31.5 Å². The number of nitrogens with one attached hydrogen (secondary N) is 1. The Balaban J connectivity index is 0.000000317. The lowest BCUT2D eigenvalue weighted by atomic mass is 9.72. The molecule has 1 saturated heterocycles. The van der Waals surface area contributed by atoms with E-state index in [1.165, 1.54) is 23.3 Å². The largest absolute Gasteiger partial charge is 0.490 e. The fraction of sp³-hybridized carbons (Fsp3) is 0.440. The first kappa shape index (κ1) is 32.0. The van der Waals surface area contributed by atoms with Crippen LogP contribution in [0.2, 0.25) is 0 Å².